The topological polar surface area (TPSA) is 22.1 Å². The van der Waals surface area contributed by atoms with E-state index in [2.05, 4.69) is 31.0 Å². The Morgan fingerprint density at radius 1 is 1.10 bits per heavy atom. The fourth-order valence-electron chi connectivity index (χ4n) is 3.02. The number of nitrogens with zero attached hydrogens (tertiary/aromatic N) is 1. The minimum atomic E-state index is 0.748. The quantitative estimate of drug-likeness (QED) is 0.697. The molecule has 1 fully saturated rings. The maximum absolute atomic E-state index is 5.91. The molecular formula is C18H29NO. The van der Waals surface area contributed by atoms with Crippen molar-refractivity contribution < 1.29 is 4.74 Å². The summed E-state index contributed by atoms with van der Waals surface area (Å²) in [6.07, 6.45) is 12.2. The fraction of sp³-hybridized carbons (Fsp3) is 0.722. The summed E-state index contributed by atoms with van der Waals surface area (Å²) in [6, 6.07) is 4.19. The number of aromatic nitrogens is 1. The average molecular weight is 275 g/mol. The molecule has 0 saturated heterocycles. The summed E-state index contributed by atoms with van der Waals surface area (Å²) in [7, 11) is 0. The molecule has 0 radical (unpaired) electrons. The molecule has 0 spiro atoms. The van der Waals surface area contributed by atoms with Gasteiger partial charge < -0.3 is 4.74 Å². The molecule has 1 aliphatic carbocycles. The summed E-state index contributed by atoms with van der Waals surface area (Å²) in [5, 5.41) is 0. The molecule has 1 heterocycles. The molecule has 2 rings (SSSR count). The van der Waals surface area contributed by atoms with Crippen LogP contribution in [0.3, 0.4) is 0 Å². The number of hydrogen-bond acceptors (Lipinski definition) is 2. The van der Waals surface area contributed by atoms with Gasteiger partial charge in [0.25, 0.3) is 0 Å². The smallest absolute Gasteiger partial charge is 0.137 e. The molecule has 1 saturated carbocycles. The molecule has 1 aromatic rings. The van der Waals surface area contributed by atoms with Crippen LogP contribution in [0, 0.1) is 11.8 Å². The van der Waals surface area contributed by atoms with E-state index in [0.717, 1.165) is 30.6 Å². The van der Waals surface area contributed by atoms with Crippen LogP contribution in [-0.2, 0) is 6.42 Å². The van der Waals surface area contributed by atoms with Crippen molar-refractivity contribution in [2.24, 2.45) is 11.8 Å². The summed E-state index contributed by atoms with van der Waals surface area (Å²) in [5.41, 5.74) is 1.18. The lowest BCUT2D eigenvalue weighted by Gasteiger charge is -2.27. The first-order valence-electron chi connectivity index (χ1n) is 8.39. The Kier molecular flexibility index (Phi) is 6.35. The molecule has 0 N–H and O–H groups in total. The van der Waals surface area contributed by atoms with E-state index in [1.54, 1.807) is 0 Å². The maximum Gasteiger partial charge on any atom is 0.137 e. The molecule has 2 nitrogen and oxygen atoms in total. The number of ether oxygens (including phenoxy) is 1. The summed E-state index contributed by atoms with van der Waals surface area (Å²) in [5.74, 6) is 2.64. The Bertz CT molecular complexity index is 366. The van der Waals surface area contributed by atoms with Crippen LogP contribution in [0.25, 0.3) is 0 Å². The Hall–Kier alpha value is -1.05. The van der Waals surface area contributed by atoms with Crippen molar-refractivity contribution in [1.82, 2.24) is 4.98 Å². The van der Waals surface area contributed by atoms with Crippen LogP contribution in [0.1, 0.15) is 64.5 Å². The lowest BCUT2D eigenvalue weighted by Crippen LogP contribution is -2.19. The highest BCUT2D eigenvalue weighted by Gasteiger charge is 2.20. The van der Waals surface area contributed by atoms with Gasteiger partial charge in [0.2, 0.25) is 0 Å². The van der Waals surface area contributed by atoms with E-state index in [0.29, 0.717) is 0 Å². The van der Waals surface area contributed by atoms with E-state index >= 15 is 0 Å². The summed E-state index contributed by atoms with van der Waals surface area (Å²) >= 11 is 0. The second kappa shape index (κ2) is 8.28. The number of rotatable bonds is 7. The zero-order valence-electron chi connectivity index (χ0n) is 13.1. The third-order valence-electron chi connectivity index (χ3n) is 4.61. The Labute approximate surface area is 124 Å². The minimum Gasteiger partial charge on any atom is -0.492 e. The van der Waals surface area contributed by atoms with Crippen LogP contribution < -0.4 is 4.74 Å². The first-order valence-corrected chi connectivity index (χ1v) is 8.39. The molecule has 0 amide bonds. The molecule has 0 aromatic carbocycles. The number of unbranched alkanes of at least 4 members (excludes halogenated alkanes) is 1. The van der Waals surface area contributed by atoms with E-state index in [9.17, 15) is 0 Å². The van der Waals surface area contributed by atoms with Crippen molar-refractivity contribution in [2.45, 2.75) is 65.2 Å². The maximum atomic E-state index is 5.91. The first-order chi connectivity index (χ1) is 9.81. The molecule has 112 valence electrons. The molecule has 20 heavy (non-hydrogen) atoms. The van der Waals surface area contributed by atoms with Gasteiger partial charge >= 0.3 is 0 Å². The van der Waals surface area contributed by atoms with E-state index in [1.165, 1.54) is 50.6 Å². The van der Waals surface area contributed by atoms with Crippen molar-refractivity contribution in [3.63, 3.8) is 0 Å². The van der Waals surface area contributed by atoms with E-state index in [1.807, 2.05) is 6.20 Å². The van der Waals surface area contributed by atoms with Gasteiger partial charge in [0.15, 0.2) is 0 Å². The second-order valence-electron chi connectivity index (χ2n) is 6.19. The van der Waals surface area contributed by atoms with Gasteiger partial charge in [0, 0.05) is 5.69 Å². The van der Waals surface area contributed by atoms with Crippen molar-refractivity contribution >= 4 is 0 Å². The summed E-state index contributed by atoms with van der Waals surface area (Å²) in [6.45, 7) is 5.39. The Morgan fingerprint density at radius 3 is 2.45 bits per heavy atom. The standard InChI is InChI=1S/C18H29NO/c1-3-5-6-17-11-12-18(13-19-17)20-14-16-9-7-15(4-2)8-10-16/h11-13,15-16H,3-10,14H2,1-2H3. The lowest BCUT2D eigenvalue weighted by molar-refractivity contribution is 0.180. The lowest BCUT2D eigenvalue weighted by atomic mass is 9.81. The van der Waals surface area contributed by atoms with Gasteiger partial charge in [-0.1, -0.05) is 39.5 Å². The molecular weight excluding hydrogens is 246 g/mol. The van der Waals surface area contributed by atoms with Crippen LogP contribution in [0.2, 0.25) is 0 Å². The van der Waals surface area contributed by atoms with Crippen molar-refractivity contribution in [3.8, 4) is 5.75 Å². The zero-order chi connectivity index (χ0) is 14.2. The number of pyridine rings is 1. The third kappa shape index (κ3) is 4.81. The molecule has 1 aliphatic rings. The van der Waals surface area contributed by atoms with Crippen LogP contribution in [0.15, 0.2) is 18.3 Å². The normalized spacial score (nSPS) is 22.7. The number of hydrogen-bond donors (Lipinski definition) is 0. The van der Waals surface area contributed by atoms with Crippen molar-refractivity contribution in [2.75, 3.05) is 6.61 Å². The number of aryl methyl sites for hydroxylation is 1. The van der Waals surface area contributed by atoms with Gasteiger partial charge in [-0.05, 0) is 49.7 Å². The highest BCUT2D eigenvalue weighted by atomic mass is 16.5. The average Bonchev–Trinajstić information content (AvgIpc) is 2.52. The Morgan fingerprint density at radius 2 is 1.85 bits per heavy atom. The van der Waals surface area contributed by atoms with Crippen LogP contribution in [-0.4, -0.2) is 11.6 Å². The summed E-state index contributed by atoms with van der Waals surface area (Å²) < 4.78 is 5.91. The Balaban J connectivity index is 1.71. The van der Waals surface area contributed by atoms with Crippen molar-refractivity contribution in [3.05, 3.63) is 24.0 Å². The largest absolute Gasteiger partial charge is 0.492 e. The van der Waals surface area contributed by atoms with Crippen molar-refractivity contribution in [1.29, 1.82) is 0 Å². The predicted octanol–water partition coefficient (Wildman–Crippen LogP) is 5.02. The first kappa shape index (κ1) is 15.3. The molecule has 0 unspecified atom stereocenters. The van der Waals surface area contributed by atoms with E-state index in [-0.39, 0.29) is 0 Å². The van der Waals surface area contributed by atoms with Crippen LogP contribution >= 0.6 is 0 Å². The molecule has 1 aromatic heterocycles. The highest BCUT2D eigenvalue weighted by Crippen LogP contribution is 2.30. The SMILES string of the molecule is CCCCc1ccc(OCC2CCC(CC)CC2)cn1. The van der Waals surface area contributed by atoms with Gasteiger partial charge in [0.1, 0.15) is 5.75 Å². The van der Waals surface area contributed by atoms with Crippen LogP contribution in [0.4, 0.5) is 0 Å². The monoisotopic (exact) mass is 275 g/mol. The van der Waals surface area contributed by atoms with E-state index in [4.69, 9.17) is 4.74 Å². The third-order valence-corrected chi connectivity index (χ3v) is 4.61. The van der Waals surface area contributed by atoms with Gasteiger partial charge in [0.05, 0.1) is 12.8 Å². The highest BCUT2D eigenvalue weighted by molar-refractivity contribution is 5.19. The predicted molar refractivity (Wildman–Crippen MR) is 84.1 cm³/mol. The molecule has 0 bridgehead atoms. The molecule has 2 heteroatoms. The zero-order valence-corrected chi connectivity index (χ0v) is 13.1. The molecule has 0 aliphatic heterocycles. The summed E-state index contributed by atoms with van der Waals surface area (Å²) in [4.78, 5) is 4.48. The minimum absolute atomic E-state index is 0.748. The van der Waals surface area contributed by atoms with Crippen LogP contribution in [0.5, 0.6) is 5.75 Å². The van der Waals surface area contributed by atoms with E-state index < -0.39 is 0 Å². The fourth-order valence-corrected chi connectivity index (χ4v) is 3.02. The van der Waals surface area contributed by atoms with Gasteiger partial charge in [-0.2, -0.15) is 0 Å². The molecule has 0 atom stereocenters. The second-order valence-corrected chi connectivity index (χ2v) is 6.19. The van der Waals surface area contributed by atoms with Gasteiger partial charge in [-0.15, -0.1) is 0 Å². The van der Waals surface area contributed by atoms with Gasteiger partial charge in [-0.3, -0.25) is 4.98 Å². The van der Waals surface area contributed by atoms with Gasteiger partial charge in [-0.25, -0.2) is 0 Å².